The molecular weight excluding hydrogens is 167 g/mol. The fourth-order valence-electron chi connectivity index (χ4n) is 0.183. The molecule has 0 aromatic heterocycles. The van der Waals surface area contributed by atoms with Gasteiger partial charge >= 0.3 is 16.4 Å². The first-order valence-corrected chi connectivity index (χ1v) is 3.30. The van der Waals surface area contributed by atoms with Gasteiger partial charge in [-0.15, -0.1) is 0 Å². The Bertz CT molecular complexity index is 240. The van der Waals surface area contributed by atoms with E-state index in [1.807, 2.05) is 0 Å². The lowest BCUT2D eigenvalue weighted by molar-refractivity contribution is -0.129. The largest absolute Gasteiger partial charge is 0.449 e. The van der Waals surface area contributed by atoms with Crippen molar-refractivity contribution in [1.82, 2.24) is 0 Å². The average Bonchev–Trinajstić information content (AvgIpc) is 1.59. The molecule has 5 nitrogen and oxygen atoms in total. The summed E-state index contributed by atoms with van der Waals surface area (Å²) in [5.74, 6) is -1.50. The molecule has 0 aliphatic rings. The quantitative estimate of drug-likeness (QED) is 0.459. The lowest BCUT2D eigenvalue weighted by Crippen LogP contribution is -2.08. The standard InChI is InChI=1S/C3H3FO5S/c4-2-1-3(5)9-10(6,7)8/h1-2H,(H,6,7,8). The maximum absolute atomic E-state index is 11.1. The Morgan fingerprint density at radius 3 is 2.40 bits per heavy atom. The van der Waals surface area contributed by atoms with Crippen molar-refractivity contribution in [3.8, 4) is 0 Å². The Morgan fingerprint density at radius 1 is 1.60 bits per heavy atom. The minimum atomic E-state index is -4.81. The number of halogens is 1. The normalized spacial score (nSPS) is 11.8. The zero-order valence-electron chi connectivity index (χ0n) is 4.52. The fourth-order valence-corrected chi connectivity index (χ4v) is 0.446. The summed E-state index contributed by atoms with van der Waals surface area (Å²) in [5.41, 5.74) is 0. The minimum absolute atomic E-state index is 0.202. The van der Waals surface area contributed by atoms with Gasteiger partial charge in [0.15, 0.2) is 0 Å². The maximum Gasteiger partial charge on any atom is 0.449 e. The van der Waals surface area contributed by atoms with E-state index in [-0.39, 0.29) is 12.4 Å². The Hall–Kier alpha value is -0.950. The molecule has 0 bridgehead atoms. The van der Waals surface area contributed by atoms with Gasteiger partial charge in [-0.1, -0.05) is 0 Å². The zero-order chi connectivity index (χ0) is 8.20. The molecule has 0 amide bonds. The van der Waals surface area contributed by atoms with Gasteiger partial charge in [-0.25, -0.2) is 9.18 Å². The van der Waals surface area contributed by atoms with Crippen LogP contribution in [0.5, 0.6) is 0 Å². The van der Waals surface area contributed by atoms with Crippen molar-refractivity contribution in [2.24, 2.45) is 0 Å². The molecule has 0 atom stereocenters. The highest BCUT2D eigenvalue weighted by atomic mass is 32.3. The van der Waals surface area contributed by atoms with Crippen molar-refractivity contribution in [3.05, 3.63) is 12.4 Å². The number of carbonyl (C=O) groups is 1. The van der Waals surface area contributed by atoms with Crippen LogP contribution >= 0.6 is 0 Å². The predicted molar refractivity (Wildman–Crippen MR) is 27.9 cm³/mol. The monoisotopic (exact) mass is 170 g/mol. The molecule has 0 saturated heterocycles. The molecule has 0 spiro atoms. The summed E-state index contributed by atoms with van der Waals surface area (Å²) in [6.45, 7) is 0. The summed E-state index contributed by atoms with van der Waals surface area (Å²) in [6.07, 6.45) is -0.0126. The number of hydrogen-bond acceptors (Lipinski definition) is 4. The lowest BCUT2D eigenvalue weighted by Gasteiger charge is -1.91. The second kappa shape index (κ2) is 3.28. The molecule has 0 radical (unpaired) electrons. The van der Waals surface area contributed by atoms with Gasteiger partial charge in [-0.05, 0) is 0 Å². The molecule has 0 aromatic rings. The first kappa shape index (κ1) is 9.05. The van der Waals surface area contributed by atoms with E-state index in [9.17, 15) is 17.6 Å². The van der Waals surface area contributed by atoms with Crippen LogP contribution in [0.1, 0.15) is 0 Å². The van der Waals surface area contributed by atoms with Gasteiger partial charge in [0.25, 0.3) is 0 Å². The van der Waals surface area contributed by atoms with Gasteiger partial charge < -0.3 is 4.18 Å². The topological polar surface area (TPSA) is 80.7 Å². The van der Waals surface area contributed by atoms with Crippen LogP contribution in [0.2, 0.25) is 0 Å². The summed E-state index contributed by atoms with van der Waals surface area (Å²) in [4.78, 5) is 9.97. The van der Waals surface area contributed by atoms with Crippen molar-refractivity contribution in [2.45, 2.75) is 0 Å². The van der Waals surface area contributed by atoms with E-state index in [0.717, 1.165) is 0 Å². The Labute approximate surface area is 56.1 Å². The number of carbonyl (C=O) groups excluding carboxylic acids is 1. The first-order chi connectivity index (χ1) is 4.45. The van der Waals surface area contributed by atoms with Crippen molar-refractivity contribution in [1.29, 1.82) is 0 Å². The molecule has 58 valence electrons. The molecular formula is C3H3FO5S. The van der Waals surface area contributed by atoms with Crippen LogP contribution in [-0.4, -0.2) is 18.9 Å². The Morgan fingerprint density at radius 2 is 2.10 bits per heavy atom. The molecule has 0 heterocycles. The number of rotatable bonds is 2. The third-order valence-electron chi connectivity index (χ3n) is 0.387. The van der Waals surface area contributed by atoms with E-state index in [4.69, 9.17) is 4.55 Å². The van der Waals surface area contributed by atoms with E-state index in [2.05, 4.69) is 4.18 Å². The highest BCUT2D eigenvalue weighted by Crippen LogP contribution is 1.88. The van der Waals surface area contributed by atoms with Crippen LogP contribution in [0.4, 0.5) is 4.39 Å². The van der Waals surface area contributed by atoms with Crippen LogP contribution in [0.25, 0.3) is 0 Å². The van der Waals surface area contributed by atoms with Gasteiger partial charge in [0.05, 0.1) is 12.4 Å². The Kier molecular flexibility index (Phi) is 2.97. The van der Waals surface area contributed by atoms with E-state index < -0.39 is 16.4 Å². The molecule has 0 aliphatic heterocycles. The third kappa shape index (κ3) is 5.19. The molecule has 0 aliphatic carbocycles. The van der Waals surface area contributed by atoms with E-state index >= 15 is 0 Å². The summed E-state index contributed by atoms with van der Waals surface area (Å²) < 4.78 is 41.4. The molecule has 10 heavy (non-hydrogen) atoms. The van der Waals surface area contributed by atoms with Crippen LogP contribution in [0.3, 0.4) is 0 Å². The molecule has 0 saturated carbocycles. The van der Waals surface area contributed by atoms with Crippen LogP contribution < -0.4 is 0 Å². The van der Waals surface area contributed by atoms with Gasteiger partial charge in [0.2, 0.25) is 0 Å². The lowest BCUT2D eigenvalue weighted by atomic mass is 10.7. The van der Waals surface area contributed by atoms with Crippen LogP contribution in [0.15, 0.2) is 12.4 Å². The van der Waals surface area contributed by atoms with Gasteiger partial charge in [0, 0.05) is 0 Å². The van der Waals surface area contributed by atoms with Crippen molar-refractivity contribution >= 4 is 16.4 Å². The Balaban J connectivity index is 4.07. The van der Waals surface area contributed by atoms with Gasteiger partial charge in [-0.2, -0.15) is 8.42 Å². The molecule has 7 heteroatoms. The maximum atomic E-state index is 11.1. The second-order valence-electron chi connectivity index (χ2n) is 1.12. The summed E-state index contributed by atoms with van der Waals surface area (Å²) in [6, 6.07) is 0. The van der Waals surface area contributed by atoms with Crippen molar-refractivity contribution in [3.63, 3.8) is 0 Å². The number of hydrogen-bond donors (Lipinski definition) is 1. The van der Waals surface area contributed by atoms with E-state index in [1.54, 1.807) is 0 Å². The SMILES string of the molecule is O=C(C=CF)OS(=O)(=O)O. The van der Waals surface area contributed by atoms with Gasteiger partial charge in [0.1, 0.15) is 0 Å². The zero-order valence-corrected chi connectivity index (χ0v) is 5.34. The first-order valence-electron chi connectivity index (χ1n) is 1.93. The summed E-state index contributed by atoms with van der Waals surface area (Å²) in [5, 5.41) is 0. The van der Waals surface area contributed by atoms with Crippen molar-refractivity contribution < 1.29 is 26.3 Å². The van der Waals surface area contributed by atoms with Crippen LogP contribution in [0, 0.1) is 0 Å². The van der Waals surface area contributed by atoms with Crippen LogP contribution in [-0.2, 0) is 19.4 Å². The average molecular weight is 170 g/mol. The van der Waals surface area contributed by atoms with Crippen molar-refractivity contribution in [2.75, 3.05) is 0 Å². The second-order valence-corrected chi connectivity index (χ2v) is 2.14. The minimum Gasteiger partial charge on any atom is -0.321 e. The molecule has 0 fully saturated rings. The molecule has 0 aromatic carbocycles. The highest BCUT2D eigenvalue weighted by molar-refractivity contribution is 7.81. The summed E-state index contributed by atoms with van der Waals surface area (Å²) in [7, 11) is -4.81. The predicted octanol–water partition coefficient (Wildman–Crippen LogP) is -0.184. The molecule has 0 unspecified atom stereocenters. The molecule has 0 rings (SSSR count). The van der Waals surface area contributed by atoms with E-state index in [1.165, 1.54) is 0 Å². The highest BCUT2D eigenvalue weighted by Gasteiger charge is 2.08. The smallest absolute Gasteiger partial charge is 0.321 e. The fraction of sp³-hybridized carbons (Fsp3) is 0. The van der Waals surface area contributed by atoms with E-state index in [0.29, 0.717) is 0 Å². The third-order valence-corrected chi connectivity index (χ3v) is 0.761. The van der Waals surface area contributed by atoms with Gasteiger partial charge in [-0.3, -0.25) is 4.55 Å². The summed E-state index contributed by atoms with van der Waals surface area (Å²) >= 11 is 0. The molecule has 1 N–H and O–H groups in total.